The third-order valence-electron chi connectivity index (χ3n) is 18.3. The Morgan fingerprint density at radius 1 is 0.388 bits per heavy atom. The van der Waals surface area contributed by atoms with Crippen LogP contribution in [0.1, 0.15) is 418 Å². The molecule has 0 rings (SSSR count). The Morgan fingerprint density at radius 2 is 0.635 bits per heavy atom. The van der Waals surface area contributed by atoms with E-state index in [1.54, 1.807) is 0 Å². The Kier molecular flexibility index (Phi) is 67.0. The molecule has 0 aromatic rings. The molecule has 508 valence electrons. The maximum Gasteiger partial charge on any atom is 0.472 e. The number of phosphoric ester groups is 1. The van der Waals surface area contributed by atoms with Crippen LogP contribution in [0.4, 0.5) is 0 Å². The highest BCUT2D eigenvalue weighted by molar-refractivity contribution is 7.47. The molecule has 85 heavy (non-hydrogen) atoms. The zero-order valence-corrected chi connectivity index (χ0v) is 59.3. The quantitative estimate of drug-likeness (QED) is 0.0243. The first kappa shape index (κ1) is 84.2. The number of rotatable bonds is 73. The molecule has 8 nitrogen and oxygen atoms in total. The number of aliphatic hydroxyl groups is 1. The SMILES string of the molecule is CCCCCCCCCC/C=C\CCCCCCCCCCCCCCCCCCCCCC(=O)NC(COP(=O)(O)OCC[N+](C)(C)C)C(O)CCCCCCCCCCCCCCCCCCCCCCCCCCCCCCCCCC. The molecule has 0 bridgehead atoms. The lowest BCUT2D eigenvalue weighted by atomic mass is 10.0. The number of nitrogens with zero attached hydrogens (tertiary/aromatic N) is 1. The van der Waals surface area contributed by atoms with Gasteiger partial charge in [-0.1, -0.05) is 386 Å². The number of carbonyl (C=O) groups is 1. The van der Waals surface area contributed by atoms with Gasteiger partial charge < -0.3 is 19.8 Å². The van der Waals surface area contributed by atoms with Crippen LogP contribution in [0.2, 0.25) is 0 Å². The molecule has 0 aliphatic carbocycles. The van der Waals surface area contributed by atoms with Gasteiger partial charge in [-0.15, -0.1) is 0 Å². The minimum atomic E-state index is -4.33. The molecule has 0 saturated carbocycles. The van der Waals surface area contributed by atoms with E-state index in [0.29, 0.717) is 23.9 Å². The summed E-state index contributed by atoms with van der Waals surface area (Å²) in [5.74, 6) is -0.133. The van der Waals surface area contributed by atoms with Gasteiger partial charge in [0.15, 0.2) is 0 Å². The van der Waals surface area contributed by atoms with Crippen molar-refractivity contribution in [2.24, 2.45) is 0 Å². The standard InChI is InChI=1S/C76H153N2O6P/c1-6-8-10-12-14-16-18-20-22-24-26-28-30-32-34-36-38-40-41-43-45-47-49-51-53-55-57-59-61-63-65-67-69-75(79)74(73-84-85(81,82)83-72-71-78(3,4)5)77-76(80)70-68-66-64-62-60-58-56-54-52-50-48-46-44-42-39-37-35-33-31-29-27-25-23-21-19-17-15-13-11-9-7-2/h25,27,74-75,79H,6-24,26,28-73H2,1-5H3,(H-,77,80,81,82)/p+1/b27-25-. The summed E-state index contributed by atoms with van der Waals surface area (Å²) >= 11 is 0. The van der Waals surface area contributed by atoms with Gasteiger partial charge in [0.05, 0.1) is 39.9 Å². The van der Waals surface area contributed by atoms with Gasteiger partial charge in [0.1, 0.15) is 13.2 Å². The van der Waals surface area contributed by atoms with Gasteiger partial charge in [-0.3, -0.25) is 13.8 Å². The second-order valence-corrected chi connectivity index (χ2v) is 29.5. The first-order chi connectivity index (χ1) is 41.5. The maximum atomic E-state index is 13.1. The zero-order chi connectivity index (χ0) is 61.9. The van der Waals surface area contributed by atoms with Crippen LogP contribution >= 0.6 is 7.82 Å². The number of phosphoric acid groups is 1. The van der Waals surface area contributed by atoms with Gasteiger partial charge in [-0.25, -0.2) is 4.57 Å². The Balaban J connectivity index is 3.93. The molecule has 3 N–H and O–H groups in total. The molecule has 0 spiro atoms. The molecule has 0 fully saturated rings. The molecule has 0 aliphatic rings. The van der Waals surface area contributed by atoms with Crippen LogP contribution in [0.5, 0.6) is 0 Å². The number of carbonyl (C=O) groups excluding carboxylic acids is 1. The van der Waals surface area contributed by atoms with Gasteiger partial charge in [0, 0.05) is 6.42 Å². The molecule has 0 heterocycles. The van der Waals surface area contributed by atoms with Crippen molar-refractivity contribution in [2.75, 3.05) is 40.9 Å². The molecule has 0 saturated heterocycles. The van der Waals surface area contributed by atoms with Gasteiger partial charge >= 0.3 is 7.82 Å². The number of nitrogens with one attached hydrogen (secondary N) is 1. The van der Waals surface area contributed by atoms with E-state index >= 15 is 0 Å². The molecule has 1 amide bonds. The van der Waals surface area contributed by atoms with Crippen molar-refractivity contribution in [1.29, 1.82) is 0 Å². The maximum absolute atomic E-state index is 13.1. The number of quaternary nitrogens is 1. The van der Waals surface area contributed by atoms with Crippen LogP contribution in [0.15, 0.2) is 12.2 Å². The highest BCUT2D eigenvalue weighted by atomic mass is 31.2. The molecular weight excluding hydrogens is 1070 g/mol. The van der Waals surface area contributed by atoms with Crippen LogP contribution in [0.3, 0.4) is 0 Å². The minimum Gasteiger partial charge on any atom is -0.391 e. The normalized spacial score (nSPS) is 13.5. The summed E-state index contributed by atoms with van der Waals surface area (Å²) in [4.78, 5) is 23.5. The van der Waals surface area contributed by atoms with Crippen LogP contribution in [-0.4, -0.2) is 73.4 Å². The molecule has 0 aromatic carbocycles. The predicted molar refractivity (Wildman–Crippen MR) is 374 cm³/mol. The first-order valence-corrected chi connectivity index (χ1v) is 40.0. The van der Waals surface area contributed by atoms with E-state index in [1.165, 1.54) is 353 Å². The van der Waals surface area contributed by atoms with Crippen LogP contribution in [-0.2, 0) is 18.4 Å². The fraction of sp³-hybridized carbons (Fsp3) is 0.961. The monoisotopic (exact) mass is 1220 g/mol. The van der Waals surface area contributed by atoms with E-state index in [0.717, 1.165) is 38.5 Å². The van der Waals surface area contributed by atoms with Crippen molar-refractivity contribution in [3.05, 3.63) is 12.2 Å². The van der Waals surface area contributed by atoms with Crippen molar-refractivity contribution in [3.8, 4) is 0 Å². The van der Waals surface area contributed by atoms with Gasteiger partial charge in [0.2, 0.25) is 5.91 Å². The fourth-order valence-electron chi connectivity index (χ4n) is 12.3. The molecular formula is C76H154N2O6P+. The average Bonchev–Trinajstić information content (AvgIpc) is 3.49. The second-order valence-electron chi connectivity index (χ2n) is 28.1. The smallest absolute Gasteiger partial charge is 0.391 e. The molecule has 0 aromatic heterocycles. The van der Waals surface area contributed by atoms with Crippen molar-refractivity contribution in [3.63, 3.8) is 0 Å². The molecule has 0 aliphatic heterocycles. The van der Waals surface area contributed by atoms with E-state index < -0.39 is 20.0 Å². The molecule has 3 atom stereocenters. The van der Waals surface area contributed by atoms with Gasteiger partial charge in [0.25, 0.3) is 0 Å². The fourth-order valence-corrected chi connectivity index (χ4v) is 13.0. The van der Waals surface area contributed by atoms with E-state index in [4.69, 9.17) is 9.05 Å². The lowest BCUT2D eigenvalue weighted by Gasteiger charge is -2.26. The van der Waals surface area contributed by atoms with Crippen LogP contribution in [0.25, 0.3) is 0 Å². The van der Waals surface area contributed by atoms with Crippen molar-refractivity contribution < 1.29 is 32.9 Å². The third-order valence-corrected chi connectivity index (χ3v) is 19.2. The van der Waals surface area contributed by atoms with Gasteiger partial charge in [-0.05, 0) is 38.5 Å². The number of likely N-dealkylation sites (N-methyl/N-ethyl adjacent to an activating group) is 1. The number of hydrogen-bond acceptors (Lipinski definition) is 5. The summed E-state index contributed by atoms with van der Waals surface area (Å²) in [6.45, 7) is 4.97. The highest BCUT2D eigenvalue weighted by Crippen LogP contribution is 2.43. The second kappa shape index (κ2) is 67.6. The summed E-state index contributed by atoms with van der Waals surface area (Å²) < 4.78 is 24.0. The van der Waals surface area contributed by atoms with Crippen LogP contribution < -0.4 is 5.32 Å². The lowest BCUT2D eigenvalue weighted by molar-refractivity contribution is -0.870. The summed E-state index contributed by atoms with van der Waals surface area (Å²) in [7, 11) is 1.64. The molecule has 3 unspecified atom stereocenters. The topological polar surface area (TPSA) is 105 Å². The number of unbranched alkanes of at least 4 members (excludes halogenated alkanes) is 58. The van der Waals surface area contributed by atoms with E-state index in [9.17, 15) is 19.4 Å². The Bertz CT molecular complexity index is 1390. The van der Waals surface area contributed by atoms with Crippen molar-refractivity contribution in [2.45, 2.75) is 431 Å². The highest BCUT2D eigenvalue weighted by Gasteiger charge is 2.28. The predicted octanol–water partition coefficient (Wildman–Crippen LogP) is 24.8. The number of amides is 1. The van der Waals surface area contributed by atoms with Gasteiger partial charge in [-0.2, -0.15) is 0 Å². The molecule has 0 radical (unpaired) electrons. The summed E-state index contributed by atoms with van der Waals surface area (Å²) in [6, 6.07) is -0.759. The van der Waals surface area contributed by atoms with Crippen molar-refractivity contribution >= 4 is 13.7 Å². The third kappa shape index (κ3) is 70.6. The minimum absolute atomic E-state index is 0.0785. The van der Waals surface area contributed by atoms with Crippen molar-refractivity contribution in [1.82, 2.24) is 5.32 Å². The summed E-state index contributed by atoms with van der Waals surface area (Å²) in [5, 5.41) is 14.2. The average molecular weight is 1220 g/mol. The zero-order valence-electron chi connectivity index (χ0n) is 58.4. The number of hydrogen-bond donors (Lipinski definition) is 3. The van der Waals surface area contributed by atoms with E-state index in [-0.39, 0.29) is 19.1 Å². The Labute approximate surface area is 532 Å². The van der Waals surface area contributed by atoms with E-state index in [1.807, 2.05) is 21.1 Å². The first-order valence-electron chi connectivity index (χ1n) is 38.6. The number of allylic oxidation sites excluding steroid dienone is 2. The number of aliphatic hydroxyl groups excluding tert-OH is 1. The Hall–Kier alpha value is -0.760. The summed E-state index contributed by atoms with van der Waals surface area (Å²) in [6.07, 6.45) is 87.8. The Morgan fingerprint density at radius 3 is 0.906 bits per heavy atom. The van der Waals surface area contributed by atoms with Crippen LogP contribution in [0, 0.1) is 0 Å². The molecule has 9 heteroatoms. The summed E-state index contributed by atoms with van der Waals surface area (Å²) in [5.41, 5.74) is 0. The van der Waals surface area contributed by atoms with E-state index in [2.05, 4.69) is 31.3 Å². The largest absolute Gasteiger partial charge is 0.472 e. The lowest BCUT2D eigenvalue weighted by Crippen LogP contribution is -2.46.